The van der Waals surface area contributed by atoms with E-state index in [9.17, 15) is 14.5 Å². The molecule has 1 N–H and O–H groups in total. The predicted octanol–water partition coefficient (Wildman–Crippen LogP) is 3.40. The van der Waals surface area contributed by atoms with Crippen molar-refractivity contribution < 1.29 is 9.31 Å². The molecular weight excluding hydrogens is 247 g/mol. The molecule has 1 aromatic carbocycles. The second-order valence-corrected chi connectivity index (χ2v) is 5.29. The van der Waals surface area contributed by atoms with Crippen molar-refractivity contribution in [1.29, 1.82) is 0 Å². The van der Waals surface area contributed by atoms with Crippen LogP contribution >= 0.6 is 0 Å². The van der Waals surface area contributed by atoms with Gasteiger partial charge in [0.05, 0.1) is 11.0 Å². The van der Waals surface area contributed by atoms with Crippen molar-refractivity contribution in [3.63, 3.8) is 0 Å². The molecular formula is C14H19FN2O2. The van der Waals surface area contributed by atoms with E-state index in [4.69, 9.17) is 0 Å². The number of nitro benzene ring substituents is 1. The predicted molar refractivity (Wildman–Crippen MR) is 71.3 cm³/mol. The lowest BCUT2D eigenvalue weighted by Crippen LogP contribution is -2.31. The molecule has 2 rings (SSSR count). The van der Waals surface area contributed by atoms with Crippen LogP contribution in [0, 0.1) is 21.8 Å². The molecule has 1 aliphatic carbocycles. The van der Waals surface area contributed by atoms with Gasteiger partial charge in [-0.15, -0.1) is 0 Å². The molecule has 1 aliphatic rings. The van der Waals surface area contributed by atoms with Gasteiger partial charge in [0.2, 0.25) is 0 Å². The quantitative estimate of drug-likeness (QED) is 0.656. The fourth-order valence-corrected chi connectivity index (χ4v) is 2.74. The monoisotopic (exact) mass is 266 g/mol. The fourth-order valence-electron chi connectivity index (χ4n) is 2.74. The summed E-state index contributed by atoms with van der Waals surface area (Å²) in [6, 6.07) is 4.09. The molecule has 1 saturated carbocycles. The third-order valence-electron chi connectivity index (χ3n) is 3.89. The van der Waals surface area contributed by atoms with E-state index in [0.717, 1.165) is 6.07 Å². The van der Waals surface area contributed by atoms with Crippen molar-refractivity contribution in [3.8, 4) is 0 Å². The van der Waals surface area contributed by atoms with Gasteiger partial charge in [-0.25, -0.2) is 4.39 Å². The molecule has 1 aromatic rings. The Kier molecular flexibility index (Phi) is 4.47. The first-order valence-corrected chi connectivity index (χ1v) is 6.73. The lowest BCUT2D eigenvalue weighted by molar-refractivity contribution is -0.385. The van der Waals surface area contributed by atoms with Gasteiger partial charge in [-0.3, -0.25) is 10.1 Å². The number of hydrogen-bond acceptors (Lipinski definition) is 3. The highest BCUT2D eigenvalue weighted by atomic mass is 19.1. The highest BCUT2D eigenvalue weighted by Gasteiger charge is 2.21. The van der Waals surface area contributed by atoms with Crippen molar-refractivity contribution >= 4 is 5.69 Å². The standard InChI is InChI=1S/C14H19FN2O2/c1-10(12-4-2-3-5-12)16-9-11-6-13(15)8-14(7-11)17(18)19/h6-8,10,12,16H,2-5,9H2,1H3. The van der Waals surface area contributed by atoms with Gasteiger partial charge in [0.1, 0.15) is 5.82 Å². The number of nitrogens with zero attached hydrogens (tertiary/aromatic N) is 1. The molecule has 1 atom stereocenters. The summed E-state index contributed by atoms with van der Waals surface area (Å²) in [4.78, 5) is 10.1. The van der Waals surface area contributed by atoms with E-state index in [1.165, 1.54) is 37.8 Å². The molecule has 0 spiro atoms. The van der Waals surface area contributed by atoms with Gasteiger partial charge in [0.25, 0.3) is 5.69 Å². The summed E-state index contributed by atoms with van der Waals surface area (Å²) in [5.41, 5.74) is 0.432. The molecule has 1 fully saturated rings. The summed E-state index contributed by atoms with van der Waals surface area (Å²) in [6.45, 7) is 2.60. The number of nitro groups is 1. The Hall–Kier alpha value is -1.49. The van der Waals surface area contributed by atoms with Crippen LogP contribution in [0.1, 0.15) is 38.2 Å². The van der Waals surface area contributed by atoms with Crippen molar-refractivity contribution in [2.24, 2.45) is 5.92 Å². The number of non-ortho nitro benzene ring substituents is 1. The molecule has 0 aromatic heterocycles. The second-order valence-electron chi connectivity index (χ2n) is 5.29. The van der Waals surface area contributed by atoms with E-state index in [1.54, 1.807) is 0 Å². The minimum absolute atomic E-state index is 0.190. The highest BCUT2D eigenvalue weighted by Crippen LogP contribution is 2.27. The fraction of sp³-hybridized carbons (Fsp3) is 0.571. The van der Waals surface area contributed by atoms with Crippen molar-refractivity contribution in [2.75, 3.05) is 0 Å². The topological polar surface area (TPSA) is 55.2 Å². The number of nitrogens with one attached hydrogen (secondary N) is 1. The minimum Gasteiger partial charge on any atom is -0.310 e. The summed E-state index contributed by atoms with van der Waals surface area (Å²) in [5, 5.41) is 14.0. The third-order valence-corrected chi connectivity index (χ3v) is 3.89. The maximum absolute atomic E-state index is 13.3. The van der Waals surface area contributed by atoms with Crippen LogP contribution in [-0.4, -0.2) is 11.0 Å². The number of rotatable bonds is 5. The van der Waals surface area contributed by atoms with Crippen LogP contribution in [0.15, 0.2) is 18.2 Å². The molecule has 19 heavy (non-hydrogen) atoms. The van der Waals surface area contributed by atoms with Crippen LogP contribution in [0.2, 0.25) is 0 Å². The molecule has 0 heterocycles. The van der Waals surface area contributed by atoms with Crippen LogP contribution < -0.4 is 5.32 Å². The average molecular weight is 266 g/mol. The van der Waals surface area contributed by atoms with Crippen molar-refractivity contribution in [1.82, 2.24) is 5.32 Å². The smallest absolute Gasteiger partial charge is 0.272 e. The normalized spacial score (nSPS) is 17.6. The summed E-state index contributed by atoms with van der Waals surface area (Å²) in [7, 11) is 0. The molecule has 0 bridgehead atoms. The highest BCUT2D eigenvalue weighted by molar-refractivity contribution is 5.35. The largest absolute Gasteiger partial charge is 0.310 e. The molecule has 4 nitrogen and oxygen atoms in total. The van der Waals surface area contributed by atoms with E-state index in [0.29, 0.717) is 24.1 Å². The lowest BCUT2D eigenvalue weighted by Gasteiger charge is -2.20. The number of halogens is 1. The van der Waals surface area contributed by atoms with E-state index >= 15 is 0 Å². The third kappa shape index (κ3) is 3.73. The maximum Gasteiger partial charge on any atom is 0.272 e. The Morgan fingerprint density at radius 2 is 2.11 bits per heavy atom. The Balaban J connectivity index is 1.96. The first-order valence-electron chi connectivity index (χ1n) is 6.73. The average Bonchev–Trinajstić information content (AvgIpc) is 2.89. The Labute approximate surface area is 112 Å². The zero-order valence-electron chi connectivity index (χ0n) is 11.1. The molecule has 0 radical (unpaired) electrons. The Bertz CT molecular complexity index is 459. The molecule has 0 saturated heterocycles. The molecule has 5 heteroatoms. The zero-order valence-corrected chi connectivity index (χ0v) is 11.1. The van der Waals surface area contributed by atoms with Gasteiger partial charge in [0, 0.05) is 18.7 Å². The van der Waals surface area contributed by atoms with E-state index < -0.39 is 10.7 Å². The van der Waals surface area contributed by atoms with Gasteiger partial charge in [-0.05, 0) is 37.3 Å². The number of hydrogen-bond donors (Lipinski definition) is 1. The van der Waals surface area contributed by atoms with Crippen LogP contribution in [0.5, 0.6) is 0 Å². The van der Waals surface area contributed by atoms with Gasteiger partial charge in [-0.2, -0.15) is 0 Å². The Morgan fingerprint density at radius 1 is 1.42 bits per heavy atom. The molecule has 1 unspecified atom stereocenters. The first kappa shape index (κ1) is 13.9. The molecule has 0 amide bonds. The van der Waals surface area contributed by atoms with E-state index in [1.807, 2.05) is 0 Å². The SMILES string of the molecule is CC(NCc1cc(F)cc([N+](=O)[O-])c1)C1CCCC1. The summed E-state index contributed by atoms with van der Waals surface area (Å²) >= 11 is 0. The van der Waals surface area contributed by atoms with Gasteiger partial charge < -0.3 is 5.32 Å². The summed E-state index contributed by atoms with van der Waals surface area (Å²) < 4.78 is 13.3. The Morgan fingerprint density at radius 3 is 2.74 bits per heavy atom. The minimum atomic E-state index is -0.563. The van der Waals surface area contributed by atoms with Gasteiger partial charge in [0.15, 0.2) is 0 Å². The maximum atomic E-state index is 13.3. The van der Waals surface area contributed by atoms with Gasteiger partial charge >= 0.3 is 0 Å². The van der Waals surface area contributed by atoms with Crippen molar-refractivity contribution in [2.45, 2.75) is 45.2 Å². The van der Waals surface area contributed by atoms with Crippen LogP contribution in [-0.2, 0) is 6.54 Å². The van der Waals surface area contributed by atoms with Crippen LogP contribution in [0.25, 0.3) is 0 Å². The van der Waals surface area contributed by atoms with Crippen molar-refractivity contribution in [3.05, 3.63) is 39.7 Å². The molecule has 104 valence electrons. The second kappa shape index (κ2) is 6.10. The lowest BCUT2D eigenvalue weighted by atomic mass is 9.99. The molecule has 0 aliphatic heterocycles. The van der Waals surface area contributed by atoms with E-state index in [-0.39, 0.29) is 5.69 Å². The summed E-state index contributed by atoms with van der Waals surface area (Å²) in [6.07, 6.45) is 5.03. The van der Waals surface area contributed by atoms with Crippen LogP contribution in [0.4, 0.5) is 10.1 Å². The van der Waals surface area contributed by atoms with Gasteiger partial charge in [-0.1, -0.05) is 12.8 Å². The zero-order chi connectivity index (χ0) is 13.8. The summed E-state index contributed by atoms with van der Waals surface area (Å²) in [5.74, 6) is 0.114. The number of benzene rings is 1. The van der Waals surface area contributed by atoms with Crippen LogP contribution in [0.3, 0.4) is 0 Å². The first-order chi connectivity index (χ1) is 9.06. The van der Waals surface area contributed by atoms with E-state index in [2.05, 4.69) is 12.2 Å².